The molecule has 0 radical (unpaired) electrons. The predicted octanol–water partition coefficient (Wildman–Crippen LogP) is 2.11. The van der Waals surface area contributed by atoms with E-state index in [1.54, 1.807) is 13.8 Å². The van der Waals surface area contributed by atoms with Gasteiger partial charge < -0.3 is 10.0 Å². The van der Waals surface area contributed by atoms with Gasteiger partial charge in [0.1, 0.15) is 5.82 Å². The lowest BCUT2D eigenvalue weighted by molar-refractivity contribution is -0.387. The smallest absolute Gasteiger partial charge is 0.305 e. The molecule has 0 saturated heterocycles. The first kappa shape index (κ1) is 17.0. The average molecular weight is 302 g/mol. The first-order valence-electron chi connectivity index (χ1n) is 6.34. The number of aliphatic hydroxyl groups excluding tert-OH is 1. The van der Waals surface area contributed by atoms with Crippen LogP contribution in [0.15, 0.2) is 12.1 Å². The molecule has 1 rings (SSSR count). The third-order valence-electron chi connectivity index (χ3n) is 2.90. The molecule has 1 aromatic carbocycles. The second kappa shape index (κ2) is 7.07. The van der Waals surface area contributed by atoms with Gasteiger partial charge >= 0.3 is 5.69 Å². The summed E-state index contributed by atoms with van der Waals surface area (Å²) < 4.78 is 27.0. The van der Waals surface area contributed by atoms with Crippen LogP contribution in [0.5, 0.6) is 0 Å². The first-order valence-corrected chi connectivity index (χ1v) is 6.34. The van der Waals surface area contributed by atoms with E-state index in [9.17, 15) is 23.7 Å². The number of nitro groups is 1. The highest BCUT2D eigenvalue weighted by molar-refractivity contribution is 5.95. The molecule has 116 valence electrons. The zero-order valence-electron chi connectivity index (χ0n) is 11.7. The lowest BCUT2D eigenvalue weighted by Crippen LogP contribution is -2.38. The number of halogens is 2. The van der Waals surface area contributed by atoms with E-state index in [1.165, 1.54) is 4.90 Å². The maximum Gasteiger partial charge on any atom is 0.305 e. The second-order valence-corrected chi connectivity index (χ2v) is 4.71. The van der Waals surface area contributed by atoms with Crippen LogP contribution in [0.3, 0.4) is 0 Å². The second-order valence-electron chi connectivity index (χ2n) is 4.71. The Morgan fingerprint density at radius 3 is 2.48 bits per heavy atom. The fraction of sp³-hybridized carbons (Fsp3) is 0.462. The molecule has 8 heteroatoms. The molecule has 6 nitrogen and oxygen atoms in total. The highest BCUT2D eigenvalue weighted by Gasteiger charge is 2.26. The number of nitrogens with zero attached hydrogens (tertiary/aromatic N) is 2. The monoisotopic (exact) mass is 302 g/mol. The van der Waals surface area contributed by atoms with Crippen molar-refractivity contribution in [3.05, 3.63) is 39.4 Å². The van der Waals surface area contributed by atoms with Gasteiger partial charge in [0.15, 0.2) is 0 Å². The summed E-state index contributed by atoms with van der Waals surface area (Å²) in [5.41, 5.74) is -1.51. The first-order chi connectivity index (χ1) is 9.79. The van der Waals surface area contributed by atoms with E-state index in [2.05, 4.69) is 0 Å². The standard InChI is InChI=1S/C13H16F2N2O4/c1-8(2)16(4-3-5-18)13(19)9-6-12(17(20)21)11(15)7-10(9)14/h6-8,18H,3-5H2,1-2H3. The zero-order chi connectivity index (χ0) is 16.2. The van der Waals surface area contributed by atoms with Crippen LogP contribution >= 0.6 is 0 Å². The molecule has 1 aromatic rings. The van der Waals surface area contributed by atoms with Crippen LogP contribution in [0.4, 0.5) is 14.5 Å². The summed E-state index contributed by atoms with van der Waals surface area (Å²) in [6.45, 7) is 3.39. The molecular weight excluding hydrogens is 286 g/mol. The van der Waals surface area contributed by atoms with Crippen molar-refractivity contribution in [3.63, 3.8) is 0 Å². The third-order valence-corrected chi connectivity index (χ3v) is 2.90. The van der Waals surface area contributed by atoms with E-state index in [0.29, 0.717) is 12.1 Å². The van der Waals surface area contributed by atoms with Crippen LogP contribution in [-0.4, -0.2) is 40.0 Å². The zero-order valence-corrected chi connectivity index (χ0v) is 11.7. The molecule has 0 aliphatic carbocycles. The molecule has 0 saturated carbocycles. The van der Waals surface area contributed by atoms with E-state index in [1.807, 2.05) is 0 Å². The van der Waals surface area contributed by atoms with Gasteiger partial charge in [-0.15, -0.1) is 0 Å². The van der Waals surface area contributed by atoms with Gasteiger partial charge in [-0.25, -0.2) is 4.39 Å². The minimum Gasteiger partial charge on any atom is -0.396 e. The molecule has 0 aliphatic rings. The van der Waals surface area contributed by atoms with Gasteiger partial charge in [0, 0.05) is 31.3 Å². The number of rotatable bonds is 6. The SMILES string of the molecule is CC(C)N(CCCO)C(=O)c1cc([N+](=O)[O-])c(F)cc1F. The number of carbonyl (C=O) groups is 1. The molecule has 0 bridgehead atoms. The molecule has 1 amide bonds. The van der Waals surface area contributed by atoms with Crippen molar-refractivity contribution in [2.24, 2.45) is 0 Å². The van der Waals surface area contributed by atoms with E-state index >= 15 is 0 Å². The molecular formula is C13H16F2N2O4. The molecule has 0 heterocycles. The van der Waals surface area contributed by atoms with E-state index in [0.717, 1.165) is 0 Å². The van der Waals surface area contributed by atoms with Crippen LogP contribution < -0.4 is 0 Å². The van der Waals surface area contributed by atoms with Crippen LogP contribution in [-0.2, 0) is 0 Å². The molecule has 0 fully saturated rings. The summed E-state index contributed by atoms with van der Waals surface area (Å²) in [6, 6.07) is 0.629. The van der Waals surface area contributed by atoms with Gasteiger partial charge in [0.05, 0.1) is 10.5 Å². The lowest BCUT2D eigenvalue weighted by Gasteiger charge is -2.26. The van der Waals surface area contributed by atoms with E-state index in [-0.39, 0.29) is 25.6 Å². The number of benzene rings is 1. The average Bonchev–Trinajstić information content (AvgIpc) is 2.38. The van der Waals surface area contributed by atoms with Crippen molar-refractivity contribution in [2.75, 3.05) is 13.2 Å². The minimum atomic E-state index is -1.33. The summed E-state index contributed by atoms with van der Waals surface area (Å²) in [6.07, 6.45) is 0.287. The van der Waals surface area contributed by atoms with Gasteiger partial charge in [-0.1, -0.05) is 0 Å². The van der Waals surface area contributed by atoms with Crippen molar-refractivity contribution in [2.45, 2.75) is 26.3 Å². The highest BCUT2D eigenvalue weighted by Crippen LogP contribution is 2.23. The molecule has 0 aliphatic heterocycles. The lowest BCUT2D eigenvalue weighted by atomic mass is 10.1. The maximum absolute atomic E-state index is 13.7. The van der Waals surface area contributed by atoms with Gasteiger partial charge in [-0.05, 0) is 20.3 Å². The number of nitro benzene ring substituents is 1. The third kappa shape index (κ3) is 3.94. The summed E-state index contributed by atoms with van der Waals surface area (Å²) >= 11 is 0. The fourth-order valence-electron chi connectivity index (χ4n) is 1.83. The van der Waals surface area contributed by atoms with E-state index in [4.69, 9.17) is 5.11 Å². The number of aliphatic hydroxyl groups is 1. The minimum absolute atomic E-state index is 0.150. The summed E-state index contributed by atoms with van der Waals surface area (Å²) in [4.78, 5) is 23.2. The van der Waals surface area contributed by atoms with Crippen molar-refractivity contribution >= 4 is 11.6 Å². The van der Waals surface area contributed by atoms with Gasteiger partial charge in [-0.2, -0.15) is 4.39 Å². The summed E-state index contributed by atoms with van der Waals surface area (Å²) in [7, 11) is 0. The van der Waals surface area contributed by atoms with Gasteiger partial charge in [0.25, 0.3) is 5.91 Å². The molecule has 21 heavy (non-hydrogen) atoms. The number of hydrogen-bond donors (Lipinski definition) is 1. The van der Waals surface area contributed by atoms with Crippen molar-refractivity contribution in [1.29, 1.82) is 0 Å². The largest absolute Gasteiger partial charge is 0.396 e. The van der Waals surface area contributed by atoms with Crippen molar-refractivity contribution in [1.82, 2.24) is 4.90 Å². The normalized spacial score (nSPS) is 10.8. The van der Waals surface area contributed by atoms with Crippen LogP contribution in [0, 0.1) is 21.7 Å². The highest BCUT2D eigenvalue weighted by atomic mass is 19.1. The Morgan fingerprint density at radius 1 is 1.38 bits per heavy atom. The van der Waals surface area contributed by atoms with Crippen LogP contribution in [0.25, 0.3) is 0 Å². The Kier molecular flexibility index (Phi) is 5.71. The molecule has 0 atom stereocenters. The Morgan fingerprint density at radius 2 is 2.00 bits per heavy atom. The Hall–Kier alpha value is -2.09. The summed E-state index contributed by atoms with van der Waals surface area (Å²) in [5.74, 6) is -3.27. The molecule has 0 unspecified atom stereocenters. The van der Waals surface area contributed by atoms with Crippen molar-refractivity contribution in [3.8, 4) is 0 Å². The van der Waals surface area contributed by atoms with Gasteiger partial charge in [-0.3, -0.25) is 14.9 Å². The van der Waals surface area contributed by atoms with Crippen molar-refractivity contribution < 1.29 is 23.6 Å². The molecule has 1 N–H and O–H groups in total. The number of amides is 1. The fourth-order valence-corrected chi connectivity index (χ4v) is 1.83. The Bertz CT molecular complexity index is 549. The summed E-state index contributed by atoms with van der Waals surface area (Å²) in [5, 5.41) is 19.5. The molecule has 0 spiro atoms. The van der Waals surface area contributed by atoms with E-state index < -0.39 is 33.7 Å². The molecule has 0 aromatic heterocycles. The van der Waals surface area contributed by atoms with Crippen LogP contribution in [0.2, 0.25) is 0 Å². The Labute approximate surface area is 120 Å². The number of carbonyl (C=O) groups excluding carboxylic acids is 1. The van der Waals surface area contributed by atoms with Crippen LogP contribution in [0.1, 0.15) is 30.6 Å². The topological polar surface area (TPSA) is 83.7 Å². The number of hydrogen-bond acceptors (Lipinski definition) is 4. The predicted molar refractivity (Wildman–Crippen MR) is 70.9 cm³/mol. The van der Waals surface area contributed by atoms with Gasteiger partial charge in [0.2, 0.25) is 5.82 Å². The maximum atomic E-state index is 13.7. The Balaban J connectivity index is 3.21. The quantitative estimate of drug-likeness (QED) is 0.644.